The van der Waals surface area contributed by atoms with Crippen molar-refractivity contribution < 1.29 is 10.2 Å². The van der Waals surface area contributed by atoms with Gasteiger partial charge >= 0.3 is 0 Å². The van der Waals surface area contributed by atoms with Gasteiger partial charge in [0.1, 0.15) is 0 Å². The Morgan fingerprint density at radius 2 is 2.07 bits per heavy atom. The number of hydrogen-bond acceptors (Lipinski definition) is 2. The van der Waals surface area contributed by atoms with Crippen LogP contribution in [0.1, 0.15) is 42.4 Å². The fraction of sp³-hybridized carbons (Fsp3) is 0.500. The molecule has 1 aliphatic carbocycles. The van der Waals surface area contributed by atoms with Gasteiger partial charge in [-0.05, 0) is 49.3 Å². The fourth-order valence-corrected chi connectivity index (χ4v) is 2.45. The second-order valence-corrected chi connectivity index (χ2v) is 4.25. The van der Waals surface area contributed by atoms with Crippen LogP contribution in [0.5, 0.6) is 11.5 Å². The summed E-state index contributed by atoms with van der Waals surface area (Å²) in [4.78, 5) is 0. The van der Waals surface area contributed by atoms with Crippen molar-refractivity contribution in [2.75, 3.05) is 0 Å². The standard InChI is InChI=1S/C12H16O2/c1-7-4-3-5-9-8(2)6-10(13)12(14)11(7)9/h6-7,13-14H,3-5H2,1-2H3. The van der Waals surface area contributed by atoms with E-state index in [1.165, 1.54) is 12.0 Å². The van der Waals surface area contributed by atoms with Crippen molar-refractivity contribution in [1.82, 2.24) is 0 Å². The third kappa shape index (κ3) is 1.26. The molecule has 2 N–H and O–H groups in total. The number of aryl methyl sites for hydroxylation is 1. The van der Waals surface area contributed by atoms with Crippen molar-refractivity contribution >= 4 is 0 Å². The van der Waals surface area contributed by atoms with E-state index in [0.29, 0.717) is 5.92 Å². The molecule has 1 atom stereocenters. The molecule has 2 rings (SSSR count). The van der Waals surface area contributed by atoms with E-state index < -0.39 is 0 Å². The maximum absolute atomic E-state index is 9.79. The molecule has 0 heterocycles. The second-order valence-electron chi connectivity index (χ2n) is 4.25. The first-order chi connectivity index (χ1) is 6.61. The summed E-state index contributed by atoms with van der Waals surface area (Å²) in [6.07, 6.45) is 3.31. The predicted octanol–water partition coefficient (Wildman–Crippen LogP) is 2.85. The molecule has 1 aliphatic rings. The van der Waals surface area contributed by atoms with Gasteiger partial charge in [0.25, 0.3) is 0 Å². The number of benzene rings is 1. The quantitative estimate of drug-likeness (QED) is 0.620. The normalized spacial score (nSPS) is 20.6. The highest BCUT2D eigenvalue weighted by molar-refractivity contribution is 5.54. The van der Waals surface area contributed by atoms with E-state index in [1.54, 1.807) is 6.07 Å². The Morgan fingerprint density at radius 3 is 2.79 bits per heavy atom. The molecule has 0 amide bonds. The molecule has 1 aromatic carbocycles. The van der Waals surface area contributed by atoms with Crippen molar-refractivity contribution in [1.29, 1.82) is 0 Å². The van der Waals surface area contributed by atoms with Gasteiger partial charge in [-0.2, -0.15) is 0 Å². The molecule has 0 saturated heterocycles. The predicted molar refractivity (Wildman–Crippen MR) is 55.9 cm³/mol. The molecule has 1 unspecified atom stereocenters. The Kier molecular flexibility index (Phi) is 2.14. The highest BCUT2D eigenvalue weighted by atomic mass is 16.3. The summed E-state index contributed by atoms with van der Waals surface area (Å²) in [7, 11) is 0. The lowest BCUT2D eigenvalue weighted by molar-refractivity contribution is 0.390. The minimum atomic E-state index is 0.0231. The molecule has 2 nitrogen and oxygen atoms in total. The van der Waals surface area contributed by atoms with E-state index in [-0.39, 0.29) is 11.5 Å². The molecule has 0 radical (unpaired) electrons. The lowest BCUT2D eigenvalue weighted by Gasteiger charge is -2.25. The molecule has 14 heavy (non-hydrogen) atoms. The van der Waals surface area contributed by atoms with E-state index in [9.17, 15) is 10.2 Å². The number of rotatable bonds is 0. The van der Waals surface area contributed by atoms with Crippen LogP contribution in [0.25, 0.3) is 0 Å². The Morgan fingerprint density at radius 1 is 1.36 bits per heavy atom. The van der Waals surface area contributed by atoms with Gasteiger partial charge in [0.2, 0.25) is 0 Å². The monoisotopic (exact) mass is 192 g/mol. The maximum Gasteiger partial charge on any atom is 0.161 e. The van der Waals surface area contributed by atoms with Gasteiger partial charge in [-0.3, -0.25) is 0 Å². The molecular formula is C12H16O2. The highest BCUT2D eigenvalue weighted by Gasteiger charge is 2.23. The average molecular weight is 192 g/mol. The van der Waals surface area contributed by atoms with Gasteiger partial charge in [0.15, 0.2) is 11.5 Å². The van der Waals surface area contributed by atoms with Crippen LogP contribution >= 0.6 is 0 Å². The van der Waals surface area contributed by atoms with Crippen molar-refractivity contribution in [3.8, 4) is 11.5 Å². The highest BCUT2D eigenvalue weighted by Crippen LogP contribution is 2.43. The zero-order chi connectivity index (χ0) is 10.3. The first-order valence-corrected chi connectivity index (χ1v) is 5.15. The van der Waals surface area contributed by atoms with Crippen LogP contribution in [0.15, 0.2) is 6.07 Å². The molecule has 0 fully saturated rings. The Labute approximate surface area is 84.2 Å². The molecule has 0 saturated carbocycles. The molecule has 1 aromatic rings. The summed E-state index contributed by atoms with van der Waals surface area (Å²) >= 11 is 0. The average Bonchev–Trinajstić information content (AvgIpc) is 2.14. The van der Waals surface area contributed by atoms with E-state index >= 15 is 0 Å². The van der Waals surface area contributed by atoms with Gasteiger partial charge in [0.05, 0.1) is 0 Å². The second kappa shape index (κ2) is 3.19. The first kappa shape index (κ1) is 9.38. The first-order valence-electron chi connectivity index (χ1n) is 5.15. The lowest BCUT2D eigenvalue weighted by atomic mass is 9.81. The van der Waals surface area contributed by atoms with Crippen molar-refractivity contribution in [3.63, 3.8) is 0 Å². The topological polar surface area (TPSA) is 40.5 Å². The summed E-state index contributed by atoms with van der Waals surface area (Å²) in [5, 5.41) is 19.3. The maximum atomic E-state index is 9.79. The van der Waals surface area contributed by atoms with E-state index in [2.05, 4.69) is 6.92 Å². The Bertz CT molecular complexity index is 369. The summed E-state index contributed by atoms with van der Waals surface area (Å²) in [6, 6.07) is 1.66. The number of hydrogen-bond donors (Lipinski definition) is 2. The van der Waals surface area contributed by atoms with Gasteiger partial charge in [0, 0.05) is 5.56 Å². The summed E-state index contributed by atoms with van der Waals surface area (Å²) in [5.74, 6) is 0.484. The smallest absolute Gasteiger partial charge is 0.161 e. The van der Waals surface area contributed by atoms with Crippen molar-refractivity contribution in [2.24, 2.45) is 0 Å². The fourth-order valence-electron chi connectivity index (χ4n) is 2.45. The lowest BCUT2D eigenvalue weighted by Crippen LogP contribution is -2.09. The summed E-state index contributed by atoms with van der Waals surface area (Å²) in [5.41, 5.74) is 3.30. The number of fused-ring (bicyclic) bond motifs is 1. The minimum absolute atomic E-state index is 0.0231. The Balaban J connectivity index is 2.67. The van der Waals surface area contributed by atoms with Crippen LogP contribution in [-0.2, 0) is 6.42 Å². The molecule has 0 bridgehead atoms. The van der Waals surface area contributed by atoms with Crippen LogP contribution in [0.2, 0.25) is 0 Å². The van der Waals surface area contributed by atoms with Crippen LogP contribution in [0.3, 0.4) is 0 Å². The van der Waals surface area contributed by atoms with E-state index in [0.717, 1.165) is 24.0 Å². The molecule has 0 aromatic heterocycles. The zero-order valence-electron chi connectivity index (χ0n) is 8.67. The summed E-state index contributed by atoms with van der Waals surface area (Å²) < 4.78 is 0. The largest absolute Gasteiger partial charge is 0.504 e. The van der Waals surface area contributed by atoms with Crippen LogP contribution in [0.4, 0.5) is 0 Å². The van der Waals surface area contributed by atoms with Gasteiger partial charge < -0.3 is 10.2 Å². The number of aromatic hydroxyl groups is 2. The van der Waals surface area contributed by atoms with E-state index in [1.807, 2.05) is 6.92 Å². The number of phenols is 2. The zero-order valence-corrected chi connectivity index (χ0v) is 8.67. The van der Waals surface area contributed by atoms with Crippen molar-refractivity contribution in [3.05, 3.63) is 22.8 Å². The molecular weight excluding hydrogens is 176 g/mol. The Hall–Kier alpha value is -1.18. The van der Waals surface area contributed by atoms with Crippen molar-refractivity contribution in [2.45, 2.75) is 39.0 Å². The van der Waals surface area contributed by atoms with Crippen LogP contribution in [0, 0.1) is 6.92 Å². The molecule has 76 valence electrons. The number of phenolic OH excluding ortho intramolecular Hbond substituents is 2. The summed E-state index contributed by atoms with van der Waals surface area (Å²) in [6.45, 7) is 4.10. The van der Waals surface area contributed by atoms with Gasteiger partial charge in [-0.15, -0.1) is 0 Å². The van der Waals surface area contributed by atoms with Gasteiger partial charge in [-0.25, -0.2) is 0 Å². The van der Waals surface area contributed by atoms with Crippen LogP contribution < -0.4 is 0 Å². The van der Waals surface area contributed by atoms with E-state index in [4.69, 9.17) is 0 Å². The molecule has 0 spiro atoms. The third-order valence-electron chi connectivity index (χ3n) is 3.21. The van der Waals surface area contributed by atoms with Crippen LogP contribution in [-0.4, -0.2) is 10.2 Å². The minimum Gasteiger partial charge on any atom is -0.504 e. The SMILES string of the molecule is Cc1cc(O)c(O)c2c1CCCC2C. The third-order valence-corrected chi connectivity index (χ3v) is 3.21. The van der Waals surface area contributed by atoms with Gasteiger partial charge in [-0.1, -0.05) is 6.92 Å². The molecule has 0 aliphatic heterocycles. The molecule has 2 heteroatoms.